The Hall–Kier alpha value is -3.49. The quantitative estimate of drug-likeness (QED) is 0.428. The van der Waals surface area contributed by atoms with Crippen molar-refractivity contribution in [2.45, 2.75) is 31.4 Å². The van der Waals surface area contributed by atoms with Crippen molar-refractivity contribution in [2.75, 3.05) is 18.5 Å². The predicted molar refractivity (Wildman–Crippen MR) is 125 cm³/mol. The van der Waals surface area contributed by atoms with E-state index in [1.165, 1.54) is 24.5 Å². The minimum absolute atomic E-state index is 0.295. The lowest BCUT2D eigenvalue weighted by molar-refractivity contribution is -0.0733. The van der Waals surface area contributed by atoms with Crippen LogP contribution < -0.4 is 5.32 Å². The second-order valence-electron chi connectivity index (χ2n) is 8.53. The van der Waals surface area contributed by atoms with Gasteiger partial charge >= 0.3 is 0 Å². The van der Waals surface area contributed by atoms with Crippen LogP contribution in [0.2, 0.25) is 0 Å². The molecule has 1 aliphatic rings. The van der Waals surface area contributed by atoms with Crippen molar-refractivity contribution >= 4 is 16.6 Å². The number of fused-ring (bicyclic) bond motifs is 1. The van der Waals surface area contributed by atoms with Gasteiger partial charge in [-0.05, 0) is 25.1 Å². The summed E-state index contributed by atoms with van der Waals surface area (Å²) < 4.78 is 34.6. The van der Waals surface area contributed by atoms with Gasteiger partial charge in [0.25, 0.3) is 0 Å². The molecule has 0 radical (unpaired) electrons. The Balaban J connectivity index is 1.49. The summed E-state index contributed by atoms with van der Waals surface area (Å²) in [6, 6.07) is 11.1. The number of aliphatic hydroxyl groups is 1. The van der Waals surface area contributed by atoms with Gasteiger partial charge in [-0.1, -0.05) is 18.2 Å². The fraction of sp³-hybridized carbons (Fsp3) is 0.269. The lowest BCUT2D eigenvalue weighted by Crippen LogP contribution is -2.35. The van der Waals surface area contributed by atoms with Crippen molar-refractivity contribution in [1.82, 2.24) is 15.0 Å². The highest BCUT2D eigenvalue weighted by Crippen LogP contribution is 2.34. The fourth-order valence-electron chi connectivity index (χ4n) is 4.29. The topological polar surface area (TPSA) is 80.2 Å². The summed E-state index contributed by atoms with van der Waals surface area (Å²) in [5.74, 6) is -0.445. The van der Waals surface area contributed by atoms with E-state index in [1.807, 2.05) is 6.92 Å². The Labute approximate surface area is 195 Å². The zero-order chi connectivity index (χ0) is 23.7. The lowest BCUT2D eigenvalue weighted by atomic mass is 9.93. The Kier molecular flexibility index (Phi) is 5.93. The standard InChI is InChI=1S/C26H24F2N4O2/c1-16(18-4-2-3-5-21(18)27)32-23-6-9-29-24-13-22(28)19(12-20(23)24)17-14-30-25(31-15-17)26(33)7-10-34-11-8-26/h2-6,9,12-16,33H,7-8,10-11H2,1H3,(H,29,32). The normalized spacial score (nSPS) is 16.4. The van der Waals surface area contributed by atoms with E-state index in [2.05, 4.69) is 20.3 Å². The highest BCUT2D eigenvalue weighted by Gasteiger charge is 2.34. The average molecular weight is 463 g/mol. The molecule has 1 unspecified atom stereocenters. The molecule has 2 N–H and O–H groups in total. The van der Waals surface area contributed by atoms with Crippen LogP contribution in [0.4, 0.5) is 14.5 Å². The van der Waals surface area contributed by atoms with Crippen molar-refractivity contribution in [3.05, 3.63) is 84.1 Å². The molecule has 0 spiro atoms. The van der Waals surface area contributed by atoms with Crippen LogP contribution >= 0.6 is 0 Å². The number of nitrogens with one attached hydrogen (secondary N) is 1. The summed E-state index contributed by atoms with van der Waals surface area (Å²) in [6.45, 7) is 2.74. The molecule has 6 nitrogen and oxygen atoms in total. The van der Waals surface area contributed by atoms with E-state index in [-0.39, 0.29) is 11.9 Å². The maximum absolute atomic E-state index is 15.0. The largest absolute Gasteiger partial charge is 0.382 e. The van der Waals surface area contributed by atoms with Crippen molar-refractivity contribution in [3.8, 4) is 11.1 Å². The summed E-state index contributed by atoms with van der Waals surface area (Å²) >= 11 is 0. The third-order valence-electron chi connectivity index (χ3n) is 6.27. The van der Waals surface area contributed by atoms with Crippen LogP contribution in [0.25, 0.3) is 22.0 Å². The molecule has 1 saturated heterocycles. The SMILES string of the molecule is CC(Nc1ccnc2cc(F)c(-c3cnc(C4(O)CCOCC4)nc3)cc12)c1ccccc1F. The summed E-state index contributed by atoms with van der Waals surface area (Å²) in [6.07, 6.45) is 5.45. The predicted octanol–water partition coefficient (Wildman–Crippen LogP) is 5.14. The first-order chi connectivity index (χ1) is 16.4. The summed E-state index contributed by atoms with van der Waals surface area (Å²) in [4.78, 5) is 13.0. The Morgan fingerprint density at radius 1 is 1.00 bits per heavy atom. The second kappa shape index (κ2) is 9.04. The zero-order valence-corrected chi connectivity index (χ0v) is 18.6. The Morgan fingerprint density at radius 2 is 1.74 bits per heavy atom. The van der Waals surface area contributed by atoms with E-state index in [0.29, 0.717) is 65.2 Å². The molecular weight excluding hydrogens is 438 g/mol. The smallest absolute Gasteiger partial charge is 0.160 e. The monoisotopic (exact) mass is 462 g/mol. The molecule has 34 heavy (non-hydrogen) atoms. The van der Waals surface area contributed by atoms with Crippen LogP contribution in [0, 0.1) is 11.6 Å². The molecule has 174 valence electrons. The van der Waals surface area contributed by atoms with Crippen LogP contribution in [0.1, 0.15) is 37.2 Å². The van der Waals surface area contributed by atoms with Gasteiger partial charge in [-0.3, -0.25) is 4.98 Å². The number of hydrogen-bond donors (Lipinski definition) is 2. The third kappa shape index (κ3) is 4.22. The van der Waals surface area contributed by atoms with Gasteiger partial charge in [-0.15, -0.1) is 0 Å². The summed E-state index contributed by atoms with van der Waals surface area (Å²) in [5, 5.41) is 14.8. The zero-order valence-electron chi connectivity index (χ0n) is 18.6. The number of benzene rings is 2. The van der Waals surface area contributed by atoms with Gasteiger partial charge in [0.2, 0.25) is 0 Å². The maximum Gasteiger partial charge on any atom is 0.160 e. The number of nitrogens with zero attached hydrogens (tertiary/aromatic N) is 3. The number of hydrogen-bond acceptors (Lipinski definition) is 6. The second-order valence-corrected chi connectivity index (χ2v) is 8.53. The van der Waals surface area contributed by atoms with Gasteiger partial charge in [-0.2, -0.15) is 0 Å². The van der Waals surface area contributed by atoms with Gasteiger partial charge in [0.1, 0.15) is 17.2 Å². The van der Waals surface area contributed by atoms with E-state index in [1.54, 1.807) is 36.5 Å². The Bertz CT molecular complexity index is 1320. The fourth-order valence-corrected chi connectivity index (χ4v) is 4.29. The first-order valence-electron chi connectivity index (χ1n) is 11.2. The van der Waals surface area contributed by atoms with Gasteiger partial charge in [0.15, 0.2) is 5.82 Å². The van der Waals surface area contributed by atoms with Crippen LogP contribution in [0.15, 0.2) is 61.1 Å². The first kappa shape index (κ1) is 22.3. The molecule has 3 heterocycles. The van der Waals surface area contributed by atoms with Crippen LogP contribution in [-0.4, -0.2) is 33.3 Å². The molecule has 1 aliphatic heterocycles. The van der Waals surface area contributed by atoms with Crippen molar-refractivity contribution < 1.29 is 18.6 Å². The number of rotatable bonds is 5. The van der Waals surface area contributed by atoms with Gasteiger partial charge in [-0.25, -0.2) is 18.7 Å². The molecule has 5 rings (SSSR count). The highest BCUT2D eigenvalue weighted by atomic mass is 19.1. The molecule has 1 fully saturated rings. The molecule has 8 heteroatoms. The summed E-state index contributed by atoms with van der Waals surface area (Å²) in [5.41, 5.74) is 1.37. The van der Waals surface area contributed by atoms with Gasteiger partial charge < -0.3 is 15.2 Å². The molecule has 0 aliphatic carbocycles. The first-order valence-corrected chi connectivity index (χ1v) is 11.2. The molecule has 2 aromatic heterocycles. The minimum atomic E-state index is -1.14. The Morgan fingerprint density at radius 3 is 2.47 bits per heavy atom. The van der Waals surface area contributed by atoms with E-state index >= 15 is 4.39 Å². The number of pyridine rings is 1. The third-order valence-corrected chi connectivity index (χ3v) is 6.27. The molecule has 4 aromatic rings. The van der Waals surface area contributed by atoms with Crippen LogP contribution in [0.3, 0.4) is 0 Å². The molecular formula is C26H24F2N4O2. The van der Waals surface area contributed by atoms with Crippen LogP contribution in [0.5, 0.6) is 0 Å². The molecule has 2 aromatic carbocycles. The van der Waals surface area contributed by atoms with Gasteiger partial charge in [0, 0.05) is 78.5 Å². The molecule has 0 bridgehead atoms. The summed E-state index contributed by atoms with van der Waals surface area (Å²) in [7, 11) is 0. The minimum Gasteiger partial charge on any atom is -0.382 e. The number of anilines is 1. The molecule has 0 saturated carbocycles. The van der Waals surface area contributed by atoms with Gasteiger partial charge in [0.05, 0.1) is 11.6 Å². The maximum atomic E-state index is 15.0. The van der Waals surface area contributed by atoms with E-state index in [4.69, 9.17) is 4.74 Å². The van der Waals surface area contributed by atoms with Crippen molar-refractivity contribution in [2.24, 2.45) is 0 Å². The molecule has 1 atom stereocenters. The van der Waals surface area contributed by atoms with E-state index in [0.717, 1.165) is 0 Å². The number of ether oxygens (including phenoxy) is 1. The highest BCUT2D eigenvalue weighted by molar-refractivity contribution is 5.94. The lowest BCUT2D eigenvalue weighted by Gasteiger charge is -2.30. The van der Waals surface area contributed by atoms with E-state index in [9.17, 15) is 9.50 Å². The van der Waals surface area contributed by atoms with E-state index < -0.39 is 11.4 Å². The average Bonchev–Trinajstić information content (AvgIpc) is 2.84. The molecule has 0 amide bonds. The van der Waals surface area contributed by atoms with Crippen molar-refractivity contribution in [3.63, 3.8) is 0 Å². The van der Waals surface area contributed by atoms with Crippen LogP contribution in [-0.2, 0) is 10.3 Å². The number of halogens is 2. The van der Waals surface area contributed by atoms with Crippen molar-refractivity contribution in [1.29, 1.82) is 0 Å². The number of aromatic nitrogens is 3.